The summed E-state index contributed by atoms with van der Waals surface area (Å²) < 4.78 is 5.52. The van der Waals surface area contributed by atoms with Gasteiger partial charge in [0, 0.05) is 30.1 Å². The third kappa shape index (κ3) is 7.27. The molecule has 0 heterocycles. The summed E-state index contributed by atoms with van der Waals surface area (Å²) in [6.07, 6.45) is 1.02. The summed E-state index contributed by atoms with van der Waals surface area (Å²) >= 11 is 5.84. The molecule has 132 valence electrons. The minimum atomic E-state index is -0.215. The number of para-hydroxylation sites is 1. The molecule has 2 aromatic rings. The second-order valence-electron chi connectivity index (χ2n) is 5.38. The van der Waals surface area contributed by atoms with Crippen molar-refractivity contribution in [2.24, 2.45) is 0 Å². The molecular weight excluding hydrogens is 340 g/mol. The first-order valence-corrected chi connectivity index (χ1v) is 8.51. The normalized spacial score (nSPS) is 10.1. The van der Waals surface area contributed by atoms with Crippen LogP contribution in [-0.4, -0.2) is 31.5 Å². The van der Waals surface area contributed by atoms with Crippen molar-refractivity contribution in [3.05, 3.63) is 65.2 Å². The fraction of sp³-hybridized carbons (Fsp3) is 0.263. The van der Waals surface area contributed by atoms with Crippen molar-refractivity contribution < 1.29 is 14.3 Å². The number of hydrogen-bond donors (Lipinski definition) is 2. The number of rotatable bonds is 9. The summed E-state index contributed by atoms with van der Waals surface area (Å²) in [7, 11) is 0. The first-order valence-electron chi connectivity index (χ1n) is 8.13. The van der Waals surface area contributed by atoms with E-state index in [1.807, 2.05) is 30.3 Å². The van der Waals surface area contributed by atoms with Crippen molar-refractivity contribution in [1.29, 1.82) is 0 Å². The van der Waals surface area contributed by atoms with Gasteiger partial charge in [0.2, 0.25) is 5.91 Å². The maximum atomic E-state index is 11.9. The highest BCUT2D eigenvalue weighted by atomic mass is 35.5. The molecule has 6 heteroatoms. The molecule has 0 aliphatic rings. The van der Waals surface area contributed by atoms with Crippen LogP contribution in [0.5, 0.6) is 5.75 Å². The molecule has 0 bridgehead atoms. The van der Waals surface area contributed by atoms with E-state index in [-0.39, 0.29) is 11.8 Å². The molecular formula is C19H21ClN2O3. The Kier molecular flexibility index (Phi) is 7.79. The smallest absolute Gasteiger partial charge is 0.251 e. The molecule has 2 N–H and O–H groups in total. The number of hydrogen-bond acceptors (Lipinski definition) is 3. The summed E-state index contributed by atoms with van der Waals surface area (Å²) in [6.45, 7) is 1.23. The van der Waals surface area contributed by atoms with Gasteiger partial charge in [0.1, 0.15) is 5.75 Å². The number of halogens is 1. The van der Waals surface area contributed by atoms with E-state index in [0.717, 1.165) is 5.75 Å². The Balaban J connectivity index is 1.54. The van der Waals surface area contributed by atoms with E-state index in [2.05, 4.69) is 10.6 Å². The summed E-state index contributed by atoms with van der Waals surface area (Å²) in [6, 6.07) is 16.2. The van der Waals surface area contributed by atoms with Gasteiger partial charge in [0.05, 0.1) is 6.61 Å². The Hall–Kier alpha value is -2.53. The number of carbonyl (C=O) groups is 2. The van der Waals surface area contributed by atoms with Gasteiger partial charge in [0.25, 0.3) is 5.91 Å². The zero-order chi connectivity index (χ0) is 17.9. The number of amides is 2. The molecule has 0 radical (unpaired) electrons. The highest BCUT2D eigenvalue weighted by molar-refractivity contribution is 6.30. The van der Waals surface area contributed by atoms with E-state index in [1.165, 1.54) is 0 Å². The molecule has 0 unspecified atom stereocenters. The number of benzene rings is 2. The molecule has 0 saturated carbocycles. The fourth-order valence-corrected chi connectivity index (χ4v) is 2.33. The molecule has 25 heavy (non-hydrogen) atoms. The van der Waals surface area contributed by atoms with Crippen molar-refractivity contribution >= 4 is 23.4 Å². The average molecular weight is 361 g/mol. The van der Waals surface area contributed by atoms with Crippen LogP contribution in [0, 0.1) is 0 Å². The van der Waals surface area contributed by atoms with Crippen LogP contribution in [0.25, 0.3) is 0 Å². The predicted molar refractivity (Wildman–Crippen MR) is 98.0 cm³/mol. The molecule has 0 fully saturated rings. The molecule has 0 aromatic heterocycles. The van der Waals surface area contributed by atoms with Gasteiger partial charge in [-0.1, -0.05) is 35.9 Å². The monoisotopic (exact) mass is 360 g/mol. The average Bonchev–Trinajstić information content (AvgIpc) is 2.63. The molecule has 2 aromatic carbocycles. The minimum absolute atomic E-state index is 0.0614. The van der Waals surface area contributed by atoms with Crippen LogP contribution in [0.1, 0.15) is 23.2 Å². The summed E-state index contributed by atoms with van der Waals surface area (Å²) in [4.78, 5) is 23.6. The Bertz CT molecular complexity index is 692. The summed E-state index contributed by atoms with van der Waals surface area (Å²) in [5.41, 5.74) is 0.497. The van der Waals surface area contributed by atoms with E-state index in [4.69, 9.17) is 16.3 Å². The van der Waals surface area contributed by atoms with Crippen LogP contribution in [0.4, 0.5) is 0 Å². The molecule has 0 atom stereocenters. The third-order valence-corrected chi connectivity index (χ3v) is 3.61. The molecule has 0 aliphatic heterocycles. The lowest BCUT2D eigenvalue weighted by atomic mass is 10.2. The standard InChI is InChI=1S/C19H21ClN2O3/c20-16-7-4-6-15(14-16)19(24)22-12-11-21-18(23)10-5-13-25-17-8-2-1-3-9-17/h1-4,6-9,14H,5,10-13H2,(H,21,23)(H,22,24). The maximum Gasteiger partial charge on any atom is 0.251 e. The van der Waals surface area contributed by atoms with E-state index >= 15 is 0 Å². The minimum Gasteiger partial charge on any atom is -0.494 e. The lowest BCUT2D eigenvalue weighted by Crippen LogP contribution is -2.34. The Morgan fingerprint density at radius 1 is 0.960 bits per heavy atom. The SMILES string of the molecule is O=C(CCCOc1ccccc1)NCCNC(=O)c1cccc(Cl)c1. The zero-order valence-corrected chi connectivity index (χ0v) is 14.6. The van der Waals surface area contributed by atoms with Crippen LogP contribution >= 0.6 is 11.6 Å². The second kappa shape index (κ2) is 10.4. The first kappa shape index (κ1) is 18.8. The van der Waals surface area contributed by atoms with Crippen molar-refractivity contribution in [2.45, 2.75) is 12.8 Å². The van der Waals surface area contributed by atoms with Gasteiger partial charge < -0.3 is 15.4 Å². The highest BCUT2D eigenvalue weighted by Crippen LogP contribution is 2.10. The zero-order valence-electron chi connectivity index (χ0n) is 13.8. The maximum absolute atomic E-state index is 11.9. The quantitative estimate of drug-likeness (QED) is 0.675. The van der Waals surface area contributed by atoms with Crippen molar-refractivity contribution in [2.75, 3.05) is 19.7 Å². The van der Waals surface area contributed by atoms with Gasteiger partial charge in [-0.2, -0.15) is 0 Å². The summed E-state index contributed by atoms with van der Waals surface area (Å²) in [5, 5.41) is 6.01. The summed E-state index contributed by atoms with van der Waals surface area (Å²) in [5.74, 6) is 0.522. The van der Waals surface area contributed by atoms with E-state index in [9.17, 15) is 9.59 Å². The lowest BCUT2D eigenvalue weighted by Gasteiger charge is -2.08. The third-order valence-electron chi connectivity index (χ3n) is 3.38. The molecule has 2 rings (SSSR count). The largest absolute Gasteiger partial charge is 0.494 e. The van der Waals surface area contributed by atoms with Crippen molar-refractivity contribution in [1.82, 2.24) is 10.6 Å². The van der Waals surface area contributed by atoms with Gasteiger partial charge in [-0.25, -0.2) is 0 Å². The van der Waals surface area contributed by atoms with Crippen LogP contribution < -0.4 is 15.4 Å². The second-order valence-corrected chi connectivity index (χ2v) is 5.82. The molecule has 5 nitrogen and oxygen atoms in total. The van der Waals surface area contributed by atoms with Gasteiger partial charge in [0.15, 0.2) is 0 Å². The van der Waals surface area contributed by atoms with E-state index in [0.29, 0.717) is 43.1 Å². The molecule has 2 amide bonds. The van der Waals surface area contributed by atoms with Crippen molar-refractivity contribution in [3.63, 3.8) is 0 Å². The highest BCUT2D eigenvalue weighted by Gasteiger charge is 2.06. The van der Waals surface area contributed by atoms with Crippen LogP contribution in [0.15, 0.2) is 54.6 Å². The molecule has 0 spiro atoms. The Labute approximate surface area is 152 Å². The van der Waals surface area contributed by atoms with Crippen molar-refractivity contribution in [3.8, 4) is 5.75 Å². The fourth-order valence-electron chi connectivity index (χ4n) is 2.14. The Morgan fingerprint density at radius 3 is 2.48 bits per heavy atom. The Morgan fingerprint density at radius 2 is 1.72 bits per heavy atom. The van der Waals surface area contributed by atoms with Crippen LogP contribution in [-0.2, 0) is 4.79 Å². The van der Waals surface area contributed by atoms with Gasteiger partial charge in [-0.3, -0.25) is 9.59 Å². The van der Waals surface area contributed by atoms with Crippen LogP contribution in [0.3, 0.4) is 0 Å². The molecule has 0 aliphatic carbocycles. The first-order chi connectivity index (χ1) is 12.1. The lowest BCUT2D eigenvalue weighted by molar-refractivity contribution is -0.121. The van der Waals surface area contributed by atoms with Gasteiger partial charge in [-0.05, 0) is 36.8 Å². The number of nitrogens with one attached hydrogen (secondary N) is 2. The van der Waals surface area contributed by atoms with E-state index in [1.54, 1.807) is 24.3 Å². The number of ether oxygens (including phenoxy) is 1. The van der Waals surface area contributed by atoms with Crippen LogP contribution in [0.2, 0.25) is 5.02 Å². The van der Waals surface area contributed by atoms with Gasteiger partial charge in [-0.15, -0.1) is 0 Å². The van der Waals surface area contributed by atoms with E-state index < -0.39 is 0 Å². The predicted octanol–water partition coefficient (Wildman–Crippen LogP) is 3.05. The van der Waals surface area contributed by atoms with Gasteiger partial charge >= 0.3 is 0 Å². The number of carbonyl (C=O) groups excluding carboxylic acids is 2. The molecule has 0 saturated heterocycles. The topological polar surface area (TPSA) is 67.4 Å².